The van der Waals surface area contributed by atoms with Gasteiger partial charge in [-0.15, -0.1) is 0 Å². The van der Waals surface area contributed by atoms with E-state index in [1.165, 1.54) is 76.2 Å². The molecule has 1 aromatic heterocycles. The quantitative estimate of drug-likeness (QED) is 0.127. The zero-order valence-corrected chi connectivity index (χ0v) is 27.8. The fourth-order valence-corrected chi connectivity index (χ4v) is 4.92. The first kappa shape index (κ1) is 35.4. The molecule has 1 unspecified atom stereocenters. The molecule has 0 radical (unpaired) electrons. The maximum atomic E-state index is 12.9. The van der Waals surface area contributed by atoms with Gasteiger partial charge in [0.1, 0.15) is 12.8 Å². The lowest BCUT2D eigenvalue weighted by Crippen LogP contribution is -3.00. The summed E-state index contributed by atoms with van der Waals surface area (Å²) in [6.07, 6.45) is 20.8. The third kappa shape index (κ3) is 13.5. The van der Waals surface area contributed by atoms with Crippen LogP contribution in [-0.4, -0.2) is 12.5 Å². The molecule has 220 valence electrons. The van der Waals surface area contributed by atoms with Crippen molar-refractivity contribution in [3.05, 3.63) is 59.4 Å². The highest BCUT2D eigenvalue weighted by atomic mass is 127. The largest absolute Gasteiger partial charge is 1.00 e. The van der Waals surface area contributed by atoms with Crippen molar-refractivity contribution in [3.63, 3.8) is 0 Å². The van der Waals surface area contributed by atoms with Crippen molar-refractivity contribution in [2.24, 2.45) is 7.05 Å². The fourth-order valence-electron chi connectivity index (χ4n) is 4.92. The number of amides is 1. The smallest absolute Gasteiger partial charge is 0.252 e. The van der Waals surface area contributed by atoms with Crippen molar-refractivity contribution < 1.29 is 38.1 Å². The monoisotopic (exact) mass is 650 g/mol. The third-order valence-electron chi connectivity index (χ3n) is 7.42. The summed E-state index contributed by atoms with van der Waals surface area (Å²) in [7, 11) is 1.95. The van der Waals surface area contributed by atoms with Crippen molar-refractivity contribution in [1.29, 1.82) is 0 Å². The molecule has 0 aliphatic carbocycles. The molecule has 0 aliphatic heterocycles. The minimum absolute atomic E-state index is 0. The van der Waals surface area contributed by atoms with Crippen LogP contribution in [0.25, 0.3) is 0 Å². The first-order chi connectivity index (χ1) is 18.3. The summed E-state index contributed by atoms with van der Waals surface area (Å²) in [4.78, 5) is 12.9. The van der Waals surface area contributed by atoms with Gasteiger partial charge in [0.25, 0.3) is 5.91 Å². The van der Waals surface area contributed by atoms with E-state index in [0.717, 1.165) is 30.8 Å². The van der Waals surface area contributed by atoms with Crippen LogP contribution >= 0.6 is 0 Å². The highest BCUT2D eigenvalue weighted by Gasteiger charge is 2.22. The molecule has 1 aromatic carbocycles. The number of ether oxygens (including phenoxy) is 1. The molecule has 2 rings (SSSR count). The molecule has 0 saturated heterocycles. The van der Waals surface area contributed by atoms with Crippen LogP contribution in [0.2, 0.25) is 0 Å². The van der Waals surface area contributed by atoms with Crippen molar-refractivity contribution in [1.82, 2.24) is 5.32 Å². The molecule has 0 saturated carbocycles. The number of nitrogens with one attached hydrogen (secondary N) is 1. The van der Waals surface area contributed by atoms with Crippen LogP contribution in [0.3, 0.4) is 0 Å². The number of halogens is 1. The van der Waals surface area contributed by atoms with Gasteiger partial charge in [0.15, 0.2) is 12.4 Å². The predicted molar refractivity (Wildman–Crippen MR) is 160 cm³/mol. The second-order valence-corrected chi connectivity index (χ2v) is 11.9. The van der Waals surface area contributed by atoms with Crippen LogP contribution in [0, 0.1) is 0 Å². The molecule has 1 N–H and O–H groups in total. The molecule has 39 heavy (non-hydrogen) atoms. The summed E-state index contributed by atoms with van der Waals surface area (Å²) in [5.74, 6) is 0.933. The number of hydrogen-bond acceptors (Lipinski definition) is 2. The van der Waals surface area contributed by atoms with E-state index in [2.05, 4.69) is 58.1 Å². The van der Waals surface area contributed by atoms with E-state index in [1.807, 2.05) is 36.1 Å². The van der Waals surface area contributed by atoms with E-state index in [0.29, 0.717) is 5.56 Å². The minimum atomic E-state index is -0.0433. The molecule has 0 spiro atoms. The average molecular weight is 651 g/mol. The number of carbonyl (C=O) groups excluding carboxylic acids is 1. The maximum Gasteiger partial charge on any atom is 0.252 e. The van der Waals surface area contributed by atoms with Crippen LogP contribution in [0.4, 0.5) is 0 Å². The Morgan fingerprint density at radius 2 is 1.38 bits per heavy atom. The maximum absolute atomic E-state index is 12.9. The first-order valence-electron chi connectivity index (χ1n) is 15.3. The number of pyridine rings is 1. The number of aryl methyl sites for hydroxylation is 1. The molecule has 0 bridgehead atoms. The molecule has 5 heteroatoms. The molecular formula is C34H55IN2O2. The molecule has 4 nitrogen and oxygen atoms in total. The number of unbranched alkanes of at least 4 members (excludes halogenated alkanes) is 11. The van der Waals surface area contributed by atoms with Crippen LogP contribution in [0.15, 0.2) is 42.7 Å². The zero-order chi connectivity index (χ0) is 27.8. The highest BCUT2D eigenvalue weighted by molar-refractivity contribution is 5.94. The number of rotatable bonds is 18. The molecule has 2 aromatic rings. The second kappa shape index (κ2) is 19.4. The average Bonchev–Trinajstić information content (AvgIpc) is 2.89. The Morgan fingerprint density at radius 3 is 1.90 bits per heavy atom. The van der Waals surface area contributed by atoms with Gasteiger partial charge in [0, 0.05) is 12.1 Å². The standard InChI is InChI=1S/C34H54N2O2.HI/c1-7-9-10-11-12-13-14-15-16-17-18-19-26-38-32-21-20-29(27-30(32)34(3,4)5)31(8-2)35-33(37)28-22-24-36(6)25-23-28;/h20-25,27,31H,7-19,26H2,1-6H3;1H. The Morgan fingerprint density at radius 1 is 0.846 bits per heavy atom. The molecule has 1 amide bonds. The third-order valence-corrected chi connectivity index (χ3v) is 7.42. The summed E-state index contributed by atoms with van der Waals surface area (Å²) in [5.41, 5.74) is 2.97. The molecule has 1 heterocycles. The van der Waals surface area contributed by atoms with E-state index < -0.39 is 0 Å². The van der Waals surface area contributed by atoms with Gasteiger partial charge >= 0.3 is 0 Å². The molecule has 0 fully saturated rings. The zero-order valence-electron chi connectivity index (χ0n) is 25.7. The number of aromatic nitrogens is 1. The van der Waals surface area contributed by atoms with Crippen LogP contribution in [0.5, 0.6) is 5.75 Å². The van der Waals surface area contributed by atoms with E-state index in [1.54, 1.807) is 0 Å². The fraction of sp³-hybridized carbons (Fsp3) is 0.647. The Labute approximate surface area is 256 Å². The van der Waals surface area contributed by atoms with Gasteiger partial charge < -0.3 is 34.0 Å². The Kier molecular flexibility index (Phi) is 17.7. The molecule has 0 aliphatic rings. The second-order valence-electron chi connectivity index (χ2n) is 11.9. The lowest BCUT2D eigenvalue weighted by molar-refractivity contribution is -0.671. The number of nitrogens with zero attached hydrogens (tertiary/aromatic N) is 1. The lowest BCUT2D eigenvalue weighted by Gasteiger charge is -2.26. The van der Waals surface area contributed by atoms with Crippen molar-refractivity contribution in [2.75, 3.05) is 6.61 Å². The summed E-state index contributed by atoms with van der Waals surface area (Å²) in [5, 5.41) is 3.22. The lowest BCUT2D eigenvalue weighted by atomic mass is 9.84. The topological polar surface area (TPSA) is 42.2 Å². The summed E-state index contributed by atoms with van der Waals surface area (Å²) >= 11 is 0. The number of benzene rings is 1. The minimum Gasteiger partial charge on any atom is -1.00 e. The summed E-state index contributed by atoms with van der Waals surface area (Å²) < 4.78 is 8.23. The highest BCUT2D eigenvalue weighted by Crippen LogP contribution is 2.34. The Bertz CT molecular complexity index is 937. The number of hydrogen-bond donors (Lipinski definition) is 1. The normalized spacial score (nSPS) is 12.1. The molecular weight excluding hydrogens is 595 g/mol. The Balaban J connectivity index is 0.00000760. The first-order valence-corrected chi connectivity index (χ1v) is 15.3. The van der Waals surface area contributed by atoms with Crippen LogP contribution in [0.1, 0.15) is 146 Å². The van der Waals surface area contributed by atoms with E-state index in [-0.39, 0.29) is 41.3 Å². The molecule has 1 atom stereocenters. The van der Waals surface area contributed by atoms with E-state index in [9.17, 15) is 4.79 Å². The van der Waals surface area contributed by atoms with Crippen molar-refractivity contribution in [2.45, 2.75) is 130 Å². The van der Waals surface area contributed by atoms with Gasteiger partial charge in [0.05, 0.1) is 18.2 Å². The predicted octanol–water partition coefficient (Wildman–Crippen LogP) is 5.77. The summed E-state index contributed by atoms with van der Waals surface area (Å²) in [6, 6.07) is 10.1. The van der Waals surface area contributed by atoms with Gasteiger partial charge in [-0.05, 0) is 41.5 Å². The van der Waals surface area contributed by atoms with E-state index >= 15 is 0 Å². The summed E-state index contributed by atoms with van der Waals surface area (Å²) in [6.45, 7) is 11.8. The van der Waals surface area contributed by atoms with Gasteiger partial charge in [0.2, 0.25) is 0 Å². The SMILES string of the molecule is CCCCCCCCCCCCCCOc1ccc(C(CC)NC(=O)c2cc[n+](C)cc2)cc1C(C)(C)C.[I-]. The number of carbonyl (C=O) groups is 1. The van der Waals surface area contributed by atoms with Gasteiger partial charge in [-0.25, -0.2) is 4.57 Å². The van der Waals surface area contributed by atoms with Gasteiger partial charge in [-0.3, -0.25) is 4.79 Å². The van der Waals surface area contributed by atoms with Crippen molar-refractivity contribution in [3.8, 4) is 5.75 Å². The van der Waals surface area contributed by atoms with Crippen molar-refractivity contribution >= 4 is 5.91 Å². The van der Waals surface area contributed by atoms with Crippen LogP contribution in [-0.2, 0) is 12.5 Å². The van der Waals surface area contributed by atoms with E-state index in [4.69, 9.17) is 4.74 Å². The Hall–Kier alpha value is -1.63. The van der Waals surface area contributed by atoms with Gasteiger partial charge in [-0.2, -0.15) is 0 Å². The van der Waals surface area contributed by atoms with Gasteiger partial charge in [-0.1, -0.05) is 111 Å². The van der Waals surface area contributed by atoms with Crippen LogP contribution < -0.4 is 38.6 Å².